The highest BCUT2D eigenvalue weighted by atomic mass is 15.3. The van der Waals surface area contributed by atoms with Gasteiger partial charge in [0.25, 0.3) is 0 Å². The van der Waals surface area contributed by atoms with Crippen molar-refractivity contribution in [2.45, 2.75) is 32.6 Å². The van der Waals surface area contributed by atoms with E-state index in [1.165, 1.54) is 35.9 Å². The lowest BCUT2D eigenvalue weighted by Crippen LogP contribution is -2.32. The van der Waals surface area contributed by atoms with Crippen LogP contribution in [-0.2, 0) is 13.5 Å². The monoisotopic (exact) mass is 285 g/mol. The van der Waals surface area contributed by atoms with Gasteiger partial charge in [-0.15, -0.1) is 0 Å². The SMILES string of the molecule is CNCC1CCC(C)CC1Cc1nn(C)c2ccccc12. The van der Waals surface area contributed by atoms with Crippen LogP contribution in [0.4, 0.5) is 0 Å². The Morgan fingerprint density at radius 3 is 2.86 bits per heavy atom. The van der Waals surface area contributed by atoms with Gasteiger partial charge in [0.2, 0.25) is 0 Å². The quantitative estimate of drug-likeness (QED) is 0.933. The molecule has 0 aliphatic heterocycles. The van der Waals surface area contributed by atoms with Gasteiger partial charge in [-0.2, -0.15) is 5.10 Å². The van der Waals surface area contributed by atoms with E-state index in [4.69, 9.17) is 5.10 Å². The largest absolute Gasteiger partial charge is 0.319 e. The Balaban J connectivity index is 1.85. The van der Waals surface area contributed by atoms with Gasteiger partial charge in [0.05, 0.1) is 11.2 Å². The maximum Gasteiger partial charge on any atom is 0.0706 e. The molecule has 21 heavy (non-hydrogen) atoms. The first-order valence-corrected chi connectivity index (χ1v) is 8.24. The third-order valence-electron chi connectivity index (χ3n) is 5.16. The molecule has 3 heteroatoms. The Morgan fingerprint density at radius 1 is 1.24 bits per heavy atom. The van der Waals surface area contributed by atoms with Gasteiger partial charge in [-0.25, -0.2) is 0 Å². The molecule has 0 spiro atoms. The molecule has 3 atom stereocenters. The number of nitrogens with zero attached hydrogens (tertiary/aromatic N) is 2. The molecule has 0 amide bonds. The molecular weight excluding hydrogens is 258 g/mol. The van der Waals surface area contributed by atoms with Gasteiger partial charge in [0.15, 0.2) is 0 Å². The van der Waals surface area contributed by atoms with Crippen LogP contribution in [0, 0.1) is 17.8 Å². The topological polar surface area (TPSA) is 29.9 Å². The van der Waals surface area contributed by atoms with E-state index in [0.29, 0.717) is 0 Å². The fourth-order valence-electron chi connectivity index (χ4n) is 4.03. The van der Waals surface area contributed by atoms with E-state index < -0.39 is 0 Å². The van der Waals surface area contributed by atoms with E-state index in [1.54, 1.807) is 0 Å². The summed E-state index contributed by atoms with van der Waals surface area (Å²) in [6, 6.07) is 8.61. The number of nitrogens with one attached hydrogen (secondary N) is 1. The molecule has 0 radical (unpaired) electrons. The molecule has 0 bridgehead atoms. The minimum atomic E-state index is 0.763. The van der Waals surface area contributed by atoms with E-state index >= 15 is 0 Å². The number of aromatic nitrogens is 2. The molecule has 1 aliphatic carbocycles. The van der Waals surface area contributed by atoms with Gasteiger partial charge in [0, 0.05) is 12.4 Å². The van der Waals surface area contributed by atoms with Gasteiger partial charge in [-0.3, -0.25) is 4.68 Å². The predicted molar refractivity (Wildman–Crippen MR) is 88.3 cm³/mol. The molecule has 3 unspecified atom stereocenters. The van der Waals surface area contributed by atoms with Gasteiger partial charge >= 0.3 is 0 Å². The molecule has 1 aliphatic rings. The Morgan fingerprint density at radius 2 is 2.05 bits per heavy atom. The Hall–Kier alpha value is -1.35. The average molecular weight is 285 g/mol. The first kappa shape index (κ1) is 14.6. The summed E-state index contributed by atoms with van der Waals surface area (Å²) in [6.45, 7) is 3.54. The minimum absolute atomic E-state index is 0.763. The molecule has 3 nitrogen and oxygen atoms in total. The molecule has 1 heterocycles. The standard InChI is InChI=1S/C18H27N3/c1-13-8-9-14(12-19-2)15(10-13)11-17-16-6-4-5-7-18(16)21(3)20-17/h4-7,13-15,19H,8-12H2,1-3H3. The number of hydrogen-bond donors (Lipinski definition) is 1. The summed E-state index contributed by atoms with van der Waals surface area (Å²) in [5, 5.41) is 9.52. The molecule has 0 saturated heterocycles. The summed E-state index contributed by atoms with van der Waals surface area (Å²) in [4.78, 5) is 0. The van der Waals surface area contributed by atoms with Crippen LogP contribution < -0.4 is 5.32 Å². The number of hydrogen-bond acceptors (Lipinski definition) is 2. The van der Waals surface area contributed by atoms with Crippen LogP contribution in [0.25, 0.3) is 10.9 Å². The molecule has 1 aromatic carbocycles. The van der Waals surface area contributed by atoms with Crippen molar-refractivity contribution in [2.75, 3.05) is 13.6 Å². The zero-order valence-corrected chi connectivity index (χ0v) is 13.5. The summed E-state index contributed by atoms with van der Waals surface area (Å²) in [7, 11) is 4.13. The Labute approximate surface area is 127 Å². The normalized spacial score (nSPS) is 26.3. The second-order valence-corrected chi connectivity index (χ2v) is 6.79. The van der Waals surface area contributed by atoms with E-state index in [1.807, 2.05) is 4.68 Å². The van der Waals surface area contributed by atoms with Crippen LogP contribution >= 0.6 is 0 Å². The summed E-state index contributed by atoms with van der Waals surface area (Å²) >= 11 is 0. The van der Waals surface area contributed by atoms with Crippen LogP contribution in [0.3, 0.4) is 0 Å². The van der Waals surface area contributed by atoms with Crippen molar-refractivity contribution in [3.63, 3.8) is 0 Å². The van der Waals surface area contributed by atoms with Crippen molar-refractivity contribution in [1.29, 1.82) is 0 Å². The number of benzene rings is 1. The lowest BCUT2D eigenvalue weighted by Gasteiger charge is -2.34. The molecule has 2 aromatic rings. The van der Waals surface area contributed by atoms with E-state index in [2.05, 4.69) is 50.6 Å². The lowest BCUT2D eigenvalue weighted by atomic mass is 9.72. The highest BCUT2D eigenvalue weighted by Crippen LogP contribution is 2.36. The molecule has 1 N–H and O–H groups in total. The summed E-state index contributed by atoms with van der Waals surface area (Å²) in [5.41, 5.74) is 2.54. The second kappa shape index (κ2) is 6.18. The van der Waals surface area contributed by atoms with Crippen molar-refractivity contribution in [3.8, 4) is 0 Å². The zero-order chi connectivity index (χ0) is 14.8. The fraction of sp³-hybridized carbons (Fsp3) is 0.611. The number of aryl methyl sites for hydroxylation is 1. The molecule has 1 fully saturated rings. The third kappa shape index (κ3) is 2.98. The summed E-state index contributed by atoms with van der Waals surface area (Å²) < 4.78 is 2.03. The first-order valence-electron chi connectivity index (χ1n) is 8.24. The van der Waals surface area contributed by atoms with Gasteiger partial charge in [-0.1, -0.05) is 31.5 Å². The van der Waals surface area contributed by atoms with Gasteiger partial charge in [0.1, 0.15) is 0 Å². The second-order valence-electron chi connectivity index (χ2n) is 6.79. The Bertz CT molecular complexity index is 602. The van der Waals surface area contributed by atoms with Crippen molar-refractivity contribution >= 4 is 10.9 Å². The van der Waals surface area contributed by atoms with Crippen LogP contribution in [0.2, 0.25) is 0 Å². The summed E-state index contributed by atoms with van der Waals surface area (Å²) in [5.74, 6) is 2.42. The average Bonchev–Trinajstić information content (AvgIpc) is 2.79. The third-order valence-corrected chi connectivity index (χ3v) is 5.16. The van der Waals surface area contributed by atoms with Crippen LogP contribution in [0.1, 0.15) is 31.9 Å². The highest BCUT2D eigenvalue weighted by Gasteiger charge is 2.29. The van der Waals surface area contributed by atoms with Crippen LogP contribution in [-0.4, -0.2) is 23.4 Å². The van der Waals surface area contributed by atoms with E-state index in [9.17, 15) is 0 Å². The summed E-state index contributed by atoms with van der Waals surface area (Å²) in [6.07, 6.45) is 5.21. The van der Waals surface area contributed by atoms with E-state index in [-0.39, 0.29) is 0 Å². The van der Waals surface area contributed by atoms with Gasteiger partial charge in [-0.05, 0) is 56.7 Å². The lowest BCUT2D eigenvalue weighted by molar-refractivity contribution is 0.185. The number of para-hydroxylation sites is 1. The van der Waals surface area contributed by atoms with Gasteiger partial charge < -0.3 is 5.32 Å². The van der Waals surface area contributed by atoms with Crippen molar-refractivity contribution in [3.05, 3.63) is 30.0 Å². The minimum Gasteiger partial charge on any atom is -0.319 e. The van der Waals surface area contributed by atoms with E-state index in [0.717, 1.165) is 30.7 Å². The molecule has 1 saturated carbocycles. The van der Waals surface area contributed by atoms with Crippen LogP contribution in [0.15, 0.2) is 24.3 Å². The maximum atomic E-state index is 4.80. The fourth-order valence-corrected chi connectivity index (χ4v) is 4.03. The van der Waals surface area contributed by atoms with Crippen LogP contribution in [0.5, 0.6) is 0 Å². The smallest absolute Gasteiger partial charge is 0.0706 e. The highest BCUT2D eigenvalue weighted by molar-refractivity contribution is 5.81. The maximum absolute atomic E-state index is 4.80. The van der Waals surface area contributed by atoms with Crippen molar-refractivity contribution in [2.24, 2.45) is 24.8 Å². The number of rotatable bonds is 4. The molecule has 1 aromatic heterocycles. The first-order chi connectivity index (χ1) is 10.2. The predicted octanol–water partition coefficient (Wildman–Crippen LogP) is 3.39. The molecule has 3 rings (SSSR count). The van der Waals surface area contributed by atoms with Crippen molar-refractivity contribution in [1.82, 2.24) is 15.1 Å². The van der Waals surface area contributed by atoms with Crippen molar-refractivity contribution < 1.29 is 0 Å². The Kier molecular flexibility index (Phi) is 4.29. The molecule has 114 valence electrons. The number of fused-ring (bicyclic) bond motifs is 1. The zero-order valence-electron chi connectivity index (χ0n) is 13.5. The molecular formula is C18H27N3.